The predicted molar refractivity (Wildman–Crippen MR) is 126 cm³/mol. The Labute approximate surface area is 186 Å². The lowest BCUT2D eigenvalue weighted by molar-refractivity contribution is -0.133. The Morgan fingerprint density at radius 2 is 1.65 bits per heavy atom. The van der Waals surface area contributed by atoms with E-state index in [4.69, 9.17) is 0 Å². The fourth-order valence-electron chi connectivity index (χ4n) is 3.90. The Balaban J connectivity index is 1.49. The van der Waals surface area contributed by atoms with E-state index in [1.54, 1.807) is 0 Å². The van der Waals surface area contributed by atoms with Gasteiger partial charge in [-0.25, -0.2) is 8.42 Å². The number of rotatable bonds is 8. The number of sulfonamides is 1. The van der Waals surface area contributed by atoms with Crippen molar-refractivity contribution < 1.29 is 13.2 Å². The van der Waals surface area contributed by atoms with Gasteiger partial charge in [0.25, 0.3) is 0 Å². The normalized spacial score (nSPS) is 15.1. The number of hydrogen-bond donors (Lipinski definition) is 0. The van der Waals surface area contributed by atoms with E-state index in [0.717, 1.165) is 43.9 Å². The molecule has 0 radical (unpaired) electrons. The Bertz CT molecular complexity index is 984. The maximum absolute atomic E-state index is 12.7. The van der Waals surface area contributed by atoms with Crippen molar-refractivity contribution in [3.05, 3.63) is 65.2 Å². The number of carbonyl (C=O) groups excluding carboxylic acids is 1. The topological polar surface area (TPSA) is 60.9 Å². The zero-order valence-electron chi connectivity index (χ0n) is 18.8. The van der Waals surface area contributed by atoms with Crippen molar-refractivity contribution in [3.63, 3.8) is 0 Å². The molecule has 7 heteroatoms. The van der Waals surface area contributed by atoms with Crippen LogP contribution in [0, 0.1) is 13.8 Å². The van der Waals surface area contributed by atoms with Crippen LogP contribution in [0.4, 0.5) is 5.69 Å². The third-order valence-corrected chi connectivity index (χ3v) is 7.10. The lowest BCUT2D eigenvalue weighted by atomic mass is 10.1. The first-order chi connectivity index (χ1) is 14.7. The molecule has 1 saturated heterocycles. The summed E-state index contributed by atoms with van der Waals surface area (Å²) in [6.45, 7) is 8.35. The summed E-state index contributed by atoms with van der Waals surface area (Å²) in [5, 5.41) is 0. The van der Waals surface area contributed by atoms with Crippen LogP contribution < -0.4 is 4.31 Å². The molecule has 0 bridgehead atoms. The molecule has 1 aliphatic rings. The standard InChI is InChI=1S/C24H33N3O3S/c1-20-11-12-23(18-21(20)2)27(31(3,29)30)13-7-10-24(28)26-16-14-25(15-17-26)19-22-8-5-4-6-9-22/h4-6,8-9,11-12,18H,7,10,13-17,19H2,1-3H3. The van der Waals surface area contributed by atoms with Crippen molar-refractivity contribution in [3.8, 4) is 0 Å². The van der Waals surface area contributed by atoms with E-state index in [0.29, 0.717) is 25.1 Å². The quantitative estimate of drug-likeness (QED) is 0.629. The SMILES string of the molecule is Cc1ccc(N(CCCC(=O)N2CCN(Cc3ccccc3)CC2)S(C)(=O)=O)cc1C. The van der Waals surface area contributed by atoms with Crippen LogP contribution in [0.25, 0.3) is 0 Å². The number of carbonyl (C=O) groups is 1. The van der Waals surface area contributed by atoms with Crippen molar-refractivity contribution >= 4 is 21.6 Å². The third kappa shape index (κ3) is 6.55. The number of nitrogens with zero attached hydrogens (tertiary/aromatic N) is 3. The van der Waals surface area contributed by atoms with E-state index >= 15 is 0 Å². The molecule has 1 heterocycles. The number of benzene rings is 2. The van der Waals surface area contributed by atoms with Gasteiger partial charge in [0, 0.05) is 45.7 Å². The second kappa shape index (κ2) is 10.3. The van der Waals surface area contributed by atoms with E-state index in [-0.39, 0.29) is 5.91 Å². The summed E-state index contributed by atoms with van der Waals surface area (Å²) in [5.74, 6) is 0.105. The zero-order chi connectivity index (χ0) is 22.4. The van der Waals surface area contributed by atoms with Crippen molar-refractivity contribution in [2.45, 2.75) is 33.2 Å². The minimum Gasteiger partial charge on any atom is -0.340 e. The number of aryl methyl sites for hydroxylation is 2. The summed E-state index contributed by atoms with van der Waals surface area (Å²) in [6.07, 6.45) is 2.08. The fourth-order valence-corrected chi connectivity index (χ4v) is 4.85. The van der Waals surface area contributed by atoms with E-state index < -0.39 is 10.0 Å². The van der Waals surface area contributed by atoms with Crippen LogP contribution in [0.15, 0.2) is 48.5 Å². The zero-order valence-corrected chi connectivity index (χ0v) is 19.6. The van der Waals surface area contributed by atoms with Gasteiger partial charge in [0.1, 0.15) is 0 Å². The molecule has 0 saturated carbocycles. The van der Waals surface area contributed by atoms with Gasteiger partial charge in [-0.2, -0.15) is 0 Å². The van der Waals surface area contributed by atoms with Crippen molar-refractivity contribution in [1.29, 1.82) is 0 Å². The summed E-state index contributed by atoms with van der Waals surface area (Å²) >= 11 is 0. The van der Waals surface area contributed by atoms with Crippen molar-refractivity contribution in [1.82, 2.24) is 9.80 Å². The molecule has 3 rings (SSSR count). The molecule has 0 N–H and O–H groups in total. The van der Waals surface area contributed by atoms with Crippen molar-refractivity contribution in [2.24, 2.45) is 0 Å². The van der Waals surface area contributed by atoms with Crippen LogP contribution in [0.5, 0.6) is 0 Å². The highest BCUT2D eigenvalue weighted by atomic mass is 32.2. The molecule has 1 fully saturated rings. The first kappa shape index (κ1) is 23.3. The first-order valence-electron chi connectivity index (χ1n) is 10.8. The fraction of sp³-hybridized carbons (Fsp3) is 0.458. The summed E-state index contributed by atoms with van der Waals surface area (Å²) in [4.78, 5) is 16.9. The monoisotopic (exact) mass is 443 g/mol. The molecule has 168 valence electrons. The van der Waals surface area contributed by atoms with Gasteiger partial charge in [0.2, 0.25) is 15.9 Å². The highest BCUT2D eigenvalue weighted by Crippen LogP contribution is 2.22. The molecule has 0 atom stereocenters. The van der Waals surface area contributed by atoms with Crippen molar-refractivity contribution in [2.75, 3.05) is 43.3 Å². The van der Waals surface area contributed by atoms with Gasteiger partial charge in [-0.1, -0.05) is 36.4 Å². The lowest BCUT2D eigenvalue weighted by Gasteiger charge is -2.35. The summed E-state index contributed by atoms with van der Waals surface area (Å²) in [6, 6.07) is 16.0. The Hall–Kier alpha value is -2.38. The predicted octanol–water partition coefficient (Wildman–Crippen LogP) is 3.19. The largest absolute Gasteiger partial charge is 0.340 e. The highest BCUT2D eigenvalue weighted by Gasteiger charge is 2.22. The number of piperazine rings is 1. The van der Waals surface area contributed by atoms with Gasteiger partial charge >= 0.3 is 0 Å². The Morgan fingerprint density at radius 3 is 2.26 bits per heavy atom. The molecule has 0 spiro atoms. The second-order valence-electron chi connectivity index (χ2n) is 8.35. The van der Waals surface area contributed by atoms with Crippen LogP contribution >= 0.6 is 0 Å². The molecule has 2 aromatic rings. The summed E-state index contributed by atoms with van der Waals surface area (Å²) < 4.78 is 26.0. The lowest BCUT2D eigenvalue weighted by Crippen LogP contribution is -2.48. The average Bonchev–Trinajstić information content (AvgIpc) is 2.73. The minimum atomic E-state index is -3.41. The second-order valence-corrected chi connectivity index (χ2v) is 10.3. The minimum absolute atomic E-state index is 0.105. The van der Waals surface area contributed by atoms with Gasteiger partial charge in [0.15, 0.2) is 0 Å². The van der Waals surface area contributed by atoms with Gasteiger partial charge < -0.3 is 4.90 Å². The first-order valence-corrected chi connectivity index (χ1v) is 12.7. The van der Waals surface area contributed by atoms with E-state index in [1.165, 1.54) is 16.1 Å². The molecule has 0 aliphatic carbocycles. The summed E-state index contributed by atoms with van der Waals surface area (Å²) in [5.41, 5.74) is 4.12. The molecule has 0 aromatic heterocycles. The maximum atomic E-state index is 12.7. The molecule has 31 heavy (non-hydrogen) atoms. The molecular weight excluding hydrogens is 410 g/mol. The van der Waals surface area contributed by atoms with E-state index in [2.05, 4.69) is 17.0 Å². The highest BCUT2D eigenvalue weighted by molar-refractivity contribution is 7.92. The van der Waals surface area contributed by atoms with Gasteiger partial charge in [0.05, 0.1) is 11.9 Å². The van der Waals surface area contributed by atoms with Crippen LogP contribution in [-0.4, -0.2) is 63.1 Å². The Kier molecular flexibility index (Phi) is 7.73. The van der Waals surface area contributed by atoms with Crippen LogP contribution in [0.1, 0.15) is 29.5 Å². The number of amides is 1. The van der Waals surface area contributed by atoms with Crippen LogP contribution in [-0.2, 0) is 21.4 Å². The van der Waals surface area contributed by atoms with E-state index in [9.17, 15) is 13.2 Å². The Morgan fingerprint density at radius 1 is 0.968 bits per heavy atom. The van der Waals surface area contributed by atoms with Gasteiger partial charge in [-0.05, 0) is 49.1 Å². The van der Waals surface area contributed by atoms with Gasteiger partial charge in [-0.3, -0.25) is 14.0 Å². The van der Waals surface area contributed by atoms with E-state index in [1.807, 2.05) is 55.1 Å². The molecule has 1 aliphatic heterocycles. The molecule has 1 amide bonds. The third-order valence-electron chi connectivity index (χ3n) is 5.90. The average molecular weight is 444 g/mol. The maximum Gasteiger partial charge on any atom is 0.232 e. The van der Waals surface area contributed by atoms with Crippen LogP contribution in [0.2, 0.25) is 0 Å². The van der Waals surface area contributed by atoms with Gasteiger partial charge in [-0.15, -0.1) is 0 Å². The number of anilines is 1. The number of hydrogen-bond acceptors (Lipinski definition) is 4. The van der Waals surface area contributed by atoms with Crippen LogP contribution in [0.3, 0.4) is 0 Å². The smallest absolute Gasteiger partial charge is 0.232 e. The molecule has 6 nitrogen and oxygen atoms in total. The molecule has 2 aromatic carbocycles. The molecular formula is C24H33N3O3S. The summed E-state index contributed by atoms with van der Waals surface area (Å²) in [7, 11) is -3.41. The molecule has 0 unspecified atom stereocenters.